The molecule has 0 aliphatic carbocycles. The van der Waals surface area contributed by atoms with E-state index in [4.69, 9.17) is 0 Å². The number of hydrogen-bond acceptors (Lipinski definition) is 5. The SMILES string of the molecule is O=C(Cn1cnc(-c2ccccc2)cc1=O)NCCn1cnc(-c2ccccc2)cc1=O. The van der Waals surface area contributed by atoms with Crippen molar-refractivity contribution in [2.24, 2.45) is 0 Å². The maximum atomic E-state index is 12.3. The number of carbonyl (C=O) groups excluding carboxylic acids is 1. The molecule has 2 aromatic carbocycles. The third-order valence-corrected chi connectivity index (χ3v) is 4.89. The van der Waals surface area contributed by atoms with Gasteiger partial charge in [-0.15, -0.1) is 0 Å². The largest absolute Gasteiger partial charge is 0.353 e. The summed E-state index contributed by atoms with van der Waals surface area (Å²) < 4.78 is 2.67. The second-order valence-electron chi connectivity index (χ2n) is 7.13. The highest BCUT2D eigenvalue weighted by Gasteiger charge is 2.08. The van der Waals surface area contributed by atoms with Crippen LogP contribution in [0.2, 0.25) is 0 Å². The summed E-state index contributed by atoms with van der Waals surface area (Å²) in [6.07, 6.45) is 2.83. The molecule has 0 radical (unpaired) electrons. The van der Waals surface area contributed by atoms with Gasteiger partial charge in [-0.2, -0.15) is 0 Å². The van der Waals surface area contributed by atoms with Gasteiger partial charge >= 0.3 is 0 Å². The van der Waals surface area contributed by atoms with Crippen molar-refractivity contribution in [3.05, 3.63) is 106 Å². The van der Waals surface area contributed by atoms with Gasteiger partial charge < -0.3 is 5.32 Å². The van der Waals surface area contributed by atoms with E-state index in [0.29, 0.717) is 11.4 Å². The minimum absolute atomic E-state index is 0.152. The molecule has 0 aliphatic rings. The van der Waals surface area contributed by atoms with Crippen LogP contribution in [0, 0.1) is 0 Å². The first-order chi connectivity index (χ1) is 15.6. The van der Waals surface area contributed by atoms with Gasteiger partial charge in [0.1, 0.15) is 6.54 Å². The van der Waals surface area contributed by atoms with Crippen molar-refractivity contribution in [1.82, 2.24) is 24.4 Å². The van der Waals surface area contributed by atoms with Gasteiger partial charge in [0.2, 0.25) is 5.91 Å². The van der Waals surface area contributed by atoms with Gasteiger partial charge in [-0.05, 0) is 0 Å². The van der Waals surface area contributed by atoms with Crippen LogP contribution in [0.1, 0.15) is 0 Å². The number of nitrogens with one attached hydrogen (secondary N) is 1. The van der Waals surface area contributed by atoms with Gasteiger partial charge in [0.25, 0.3) is 11.1 Å². The van der Waals surface area contributed by atoms with Crippen molar-refractivity contribution in [2.75, 3.05) is 6.54 Å². The molecule has 4 rings (SSSR count). The van der Waals surface area contributed by atoms with Crippen LogP contribution in [-0.4, -0.2) is 31.6 Å². The zero-order valence-electron chi connectivity index (χ0n) is 17.2. The number of carbonyl (C=O) groups is 1. The second kappa shape index (κ2) is 9.65. The second-order valence-corrected chi connectivity index (χ2v) is 7.13. The zero-order chi connectivity index (χ0) is 22.3. The minimum Gasteiger partial charge on any atom is -0.353 e. The number of amides is 1. The standard InChI is InChI=1S/C24H21N5O3/c30-22(15-29-17-27-21(14-24(29)32)19-9-5-2-6-10-19)25-11-12-28-16-26-20(13-23(28)31)18-7-3-1-4-8-18/h1-10,13-14,16-17H,11-12,15H2,(H,25,30). The number of rotatable bonds is 7. The Balaban J connectivity index is 1.33. The summed E-state index contributed by atoms with van der Waals surface area (Å²) in [4.78, 5) is 45.5. The predicted octanol–water partition coefficient (Wildman–Crippen LogP) is 1.95. The fourth-order valence-electron chi connectivity index (χ4n) is 3.20. The molecular formula is C24H21N5O3. The summed E-state index contributed by atoms with van der Waals surface area (Å²) in [6.45, 7) is 0.350. The highest BCUT2D eigenvalue weighted by atomic mass is 16.2. The fourth-order valence-corrected chi connectivity index (χ4v) is 3.20. The number of benzene rings is 2. The molecule has 0 atom stereocenters. The zero-order valence-corrected chi connectivity index (χ0v) is 17.2. The van der Waals surface area contributed by atoms with Gasteiger partial charge in [0.05, 0.1) is 24.0 Å². The third-order valence-electron chi connectivity index (χ3n) is 4.89. The first kappa shape index (κ1) is 20.9. The summed E-state index contributed by atoms with van der Waals surface area (Å²) in [6, 6.07) is 21.7. The highest BCUT2D eigenvalue weighted by molar-refractivity contribution is 5.75. The van der Waals surface area contributed by atoms with E-state index in [-0.39, 0.29) is 36.7 Å². The Kier molecular flexibility index (Phi) is 6.31. The Morgan fingerprint density at radius 2 is 1.25 bits per heavy atom. The summed E-state index contributed by atoms with van der Waals surface area (Å²) >= 11 is 0. The first-order valence-corrected chi connectivity index (χ1v) is 10.1. The van der Waals surface area contributed by atoms with Gasteiger partial charge in [0.15, 0.2) is 0 Å². The molecule has 32 heavy (non-hydrogen) atoms. The van der Waals surface area contributed by atoms with E-state index in [2.05, 4.69) is 15.3 Å². The summed E-state index contributed by atoms with van der Waals surface area (Å²) in [7, 11) is 0. The van der Waals surface area contributed by atoms with E-state index in [0.717, 1.165) is 11.1 Å². The Bertz CT molecular complexity index is 1330. The third kappa shape index (κ3) is 5.04. The molecule has 8 heteroatoms. The van der Waals surface area contributed by atoms with Gasteiger partial charge in [0, 0.05) is 36.3 Å². The van der Waals surface area contributed by atoms with Crippen LogP contribution in [0.25, 0.3) is 22.5 Å². The van der Waals surface area contributed by atoms with Crippen LogP contribution in [0.5, 0.6) is 0 Å². The van der Waals surface area contributed by atoms with Crippen LogP contribution in [0.3, 0.4) is 0 Å². The van der Waals surface area contributed by atoms with E-state index in [9.17, 15) is 14.4 Å². The molecule has 0 unspecified atom stereocenters. The lowest BCUT2D eigenvalue weighted by Crippen LogP contribution is -2.35. The minimum atomic E-state index is -0.344. The van der Waals surface area contributed by atoms with E-state index in [1.807, 2.05) is 60.7 Å². The smallest absolute Gasteiger partial charge is 0.254 e. The normalized spacial score (nSPS) is 10.6. The van der Waals surface area contributed by atoms with Crippen molar-refractivity contribution in [1.29, 1.82) is 0 Å². The summed E-state index contributed by atoms with van der Waals surface area (Å²) in [5.74, 6) is -0.344. The number of aromatic nitrogens is 4. The quantitative estimate of drug-likeness (QED) is 0.486. The Morgan fingerprint density at radius 3 is 1.75 bits per heavy atom. The van der Waals surface area contributed by atoms with E-state index in [1.54, 1.807) is 0 Å². The van der Waals surface area contributed by atoms with Gasteiger partial charge in [-0.25, -0.2) is 9.97 Å². The molecule has 2 heterocycles. The average Bonchev–Trinajstić information content (AvgIpc) is 2.82. The van der Waals surface area contributed by atoms with Crippen molar-refractivity contribution < 1.29 is 4.79 Å². The fraction of sp³-hybridized carbons (Fsp3) is 0.125. The Hall–Kier alpha value is -4.33. The van der Waals surface area contributed by atoms with Crippen LogP contribution >= 0.6 is 0 Å². The molecule has 0 aliphatic heterocycles. The molecule has 0 saturated carbocycles. The molecule has 0 fully saturated rings. The average molecular weight is 427 g/mol. The van der Waals surface area contributed by atoms with Crippen molar-refractivity contribution in [3.8, 4) is 22.5 Å². The number of nitrogens with zero attached hydrogens (tertiary/aromatic N) is 4. The molecular weight excluding hydrogens is 406 g/mol. The lowest BCUT2D eigenvalue weighted by Gasteiger charge is -2.09. The van der Waals surface area contributed by atoms with Gasteiger partial charge in [-0.3, -0.25) is 23.5 Å². The molecule has 0 saturated heterocycles. The van der Waals surface area contributed by atoms with Gasteiger partial charge in [-0.1, -0.05) is 60.7 Å². The summed E-state index contributed by atoms with van der Waals surface area (Å²) in [5, 5.41) is 2.71. The molecule has 1 N–H and O–H groups in total. The predicted molar refractivity (Wildman–Crippen MR) is 121 cm³/mol. The maximum absolute atomic E-state index is 12.3. The molecule has 1 amide bonds. The number of hydrogen-bond donors (Lipinski definition) is 1. The topological polar surface area (TPSA) is 98.9 Å². The van der Waals surface area contributed by atoms with Crippen LogP contribution in [0.4, 0.5) is 0 Å². The van der Waals surface area contributed by atoms with Crippen LogP contribution < -0.4 is 16.4 Å². The Morgan fingerprint density at radius 1 is 0.750 bits per heavy atom. The molecule has 8 nitrogen and oxygen atoms in total. The van der Waals surface area contributed by atoms with Crippen LogP contribution in [0.15, 0.2) is 95.0 Å². The van der Waals surface area contributed by atoms with E-state index < -0.39 is 0 Å². The van der Waals surface area contributed by atoms with E-state index in [1.165, 1.54) is 33.9 Å². The Labute approximate surface area is 183 Å². The molecule has 160 valence electrons. The first-order valence-electron chi connectivity index (χ1n) is 10.1. The highest BCUT2D eigenvalue weighted by Crippen LogP contribution is 2.14. The lowest BCUT2D eigenvalue weighted by molar-refractivity contribution is -0.121. The summed E-state index contributed by atoms with van der Waals surface area (Å²) in [5.41, 5.74) is 2.33. The van der Waals surface area contributed by atoms with Crippen molar-refractivity contribution in [2.45, 2.75) is 13.1 Å². The van der Waals surface area contributed by atoms with Crippen molar-refractivity contribution in [3.63, 3.8) is 0 Å². The molecule has 0 spiro atoms. The maximum Gasteiger partial charge on any atom is 0.254 e. The molecule has 2 aromatic heterocycles. The lowest BCUT2D eigenvalue weighted by atomic mass is 10.1. The van der Waals surface area contributed by atoms with Crippen LogP contribution in [-0.2, 0) is 17.9 Å². The van der Waals surface area contributed by atoms with Crippen molar-refractivity contribution >= 4 is 5.91 Å². The molecule has 4 aromatic rings. The monoisotopic (exact) mass is 427 g/mol. The van der Waals surface area contributed by atoms with E-state index >= 15 is 0 Å². The molecule has 0 bridgehead atoms.